The quantitative estimate of drug-likeness (QED) is 0.842. The third-order valence-electron chi connectivity index (χ3n) is 2.23. The van der Waals surface area contributed by atoms with Crippen molar-refractivity contribution < 1.29 is 4.79 Å². The molecular weight excluding hydrogens is 332 g/mol. The largest absolute Gasteiger partial charge is 0.389 e. The van der Waals surface area contributed by atoms with E-state index < -0.39 is 0 Å². The van der Waals surface area contributed by atoms with Gasteiger partial charge in [0.25, 0.3) is 5.91 Å². The Balaban J connectivity index is 2.20. The van der Waals surface area contributed by atoms with Gasteiger partial charge in [-0.1, -0.05) is 24.4 Å². The number of hydrogen-bond donors (Lipinski definition) is 2. The molecule has 0 saturated heterocycles. The van der Waals surface area contributed by atoms with Crippen LogP contribution in [-0.4, -0.2) is 10.9 Å². The number of nitrogens with two attached hydrogens (primary N) is 1. The molecule has 18 heavy (non-hydrogen) atoms. The van der Waals surface area contributed by atoms with Crippen LogP contribution in [0, 0.1) is 0 Å². The summed E-state index contributed by atoms with van der Waals surface area (Å²) in [5.41, 5.74) is 6.95. The molecule has 3 N–H and O–H groups in total. The molecule has 1 aromatic carbocycles. The molecule has 0 radical (unpaired) electrons. The second-order valence-electron chi connectivity index (χ2n) is 3.50. The fraction of sp³-hybridized carbons (Fsp3) is 0. The molecule has 1 amide bonds. The minimum Gasteiger partial charge on any atom is -0.389 e. The van der Waals surface area contributed by atoms with Crippen molar-refractivity contribution in [2.45, 2.75) is 0 Å². The van der Waals surface area contributed by atoms with Crippen LogP contribution in [0.3, 0.4) is 0 Å². The maximum Gasteiger partial charge on any atom is 0.266 e. The number of anilines is 1. The highest BCUT2D eigenvalue weighted by Gasteiger charge is 2.11. The Labute approximate surface area is 122 Å². The summed E-state index contributed by atoms with van der Waals surface area (Å²) < 4.78 is 0.788. The molecule has 0 atom stereocenters. The fourth-order valence-electron chi connectivity index (χ4n) is 1.39. The van der Waals surface area contributed by atoms with E-state index >= 15 is 0 Å². The molecule has 0 spiro atoms. The van der Waals surface area contributed by atoms with Gasteiger partial charge in [-0.05, 0) is 39.5 Å². The molecule has 0 bridgehead atoms. The Hall–Kier alpha value is -1.24. The van der Waals surface area contributed by atoms with Gasteiger partial charge in [0.2, 0.25) is 0 Å². The number of thiophene rings is 1. The van der Waals surface area contributed by atoms with Gasteiger partial charge in [-0.15, -0.1) is 11.3 Å². The van der Waals surface area contributed by atoms with E-state index in [1.54, 1.807) is 24.3 Å². The van der Waals surface area contributed by atoms with Crippen LogP contribution >= 0.6 is 39.5 Å². The number of nitrogens with one attached hydrogen (secondary N) is 1. The standard InChI is InChI=1S/C12H9BrN2OS2/c13-9-4-5-18-10(9)12(16)15-8-3-1-2-7(6-8)11(14)17/h1-6H,(H2,14,17)(H,15,16). The molecular formula is C12H9BrN2OS2. The summed E-state index contributed by atoms with van der Waals surface area (Å²) in [6, 6.07) is 8.99. The van der Waals surface area contributed by atoms with Gasteiger partial charge in [-0.3, -0.25) is 4.79 Å². The molecule has 0 aliphatic rings. The maximum absolute atomic E-state index is 12.0. The summed E-state index contributed by atoms with van der Waals surface area (Å²) in [5, 5.41) is 4.66. The van der Waals surface area contributed by atoms with Crippen LogP contribution in [0.2, 0.25) is 0 Å². The van der Waals surface area contributed by atoms with Crippen LogP contribution in [0.25, 0.3) is 0 Å². The highest BCUT2D eigenvalue weighted by atomic mass is 79.9. The van der Waals surface area contributed by atoms with E-state index in [0.29, 0.717) is 15.6 Å². The predicted octanol–water partition coefficient (Wildman–Crippen LogP) is 3.40. The second kappa shape index (κ2) is 5.60. The highest BCUT2D eigenvalue weighted by molar-refractivity contribution is 9.10. The molecule has 0 unspecified atom stereocenters. The summed E-state index contributed by atoms with van der Waals surface area (Å²) in [6.45, 7) is 0. The summed E-state index contributed by atoms with van der Waals surface area (Å²) in [5.74, 6) is -0.156. The lowest BCUT2D eigenvalue weighted by Gasteiger charge is -2.06. The Kier molecular flexibility index (Phi) is 4.11. The van der Waals surface area contributed by atoms with Gasteiger partial charge in [-0.25, -0.2) is 0 Å². The molecule has 6 heteroatoms. The van der Waals surface area contributed by atoms with Gasteiger partial charge in [0.15, 0.2) is 0 Å². The number of hydrogen-bond acceptors (Lipinski definition) is 3. The van der Waals surface area contributed by atoms with E-state index in [4.69, 9.17) is 18.0 Å². The Morgan fingerprint density at radius 1 is 1.39 bits per heavy atom. The van der Waals surface area contributed by atoms with Crippen LogP contribution < -0.4 is 11.1 Å². The van der Waals surface area contributed by atoms with Crippen molar-refractivity contribution >= 4 is 56.1 Å². The smallest absolute Gasteiger partial charge is 0.266 e. The minimum atomic E-state index is -0.156. The number of carbonyl (C=O) groups excluding carboxylic acids is 1. The van der Waals surface area contributed by atoms with Gasteiger partial charge in [0.05, 0.1) is 0 Å². The lowest BCUT2D eigenvalue weighted by atomic mass is 10.2. The molecule has 0 fully saturated rings. The normalized spacial score (nSPS) is 10.1. The number of benzene rings is 1. The van der Waals surface area contributed by atoms with E-state index in [9.17, 15) is 4.79 Å². The average Bonchev–Trinajstić information content (AvgIpc) is 2.76. The number of thiocarbonyl (C=S) groups is 1. The molecule has 0 saturated carbocycles. The zero-order valence-corrected chi connectivity index (χ0v) is 12.4. The third kappa shape index (κ3) is 2.95. The Bertz CT molecular complexity index is 610. The van der Waals surface area contributed by atoms with Crippen LogP contribution in [0.1, 0.15) is 15.2 Å². The molecule has 3 nitrogen and oxygen atoms in total. The van der Waals surface area contributed by atoms with Crippen LogP contribution in [0.15, 0.2) is 40.2 Å². The van der Waals surface area contributed by atoms with Gasteiger partial charge in [-0.2, -0.15) is 0 Å². The van der Waals surface area contributed by atoms with Crippen molar-refractivity contribution in [2.24, 2.45) is 5.73 Å². The first-order valence-corrected chi connectivity index (χ1v) is 7.10. The molecule has 0 aliphatic heterocycles. The second-order valence-corrected chi connectivity index (χ2v) is 5.71. The summed E-state index contributed by atoms with van der Waals surface area (Å²) >= 11 is 9.60. The summed E-state index contributed by atoms with van der Waals surface area (Å²) in [6.07, 6.45) is 0. The zero-order valence-electron chi connectivity index (χ0n) is 9.14. The molecule has 1 aromatic heterocycles. The van der Waals surface area contributed by atoms with Gasteiger partial charge in [0, 0.05) is 15.7 Å². The maximum atomic E-state index is 12.0. The van der Waals surface area contributed by atoms with E-state index in [-0.39, 0.29) is 5.91 Å². The number of carbonyl (C=O) groups is 1. The molecule has 2 aromatic rings. The topological polar surface area (TPSA) is 55.1 Å². The van der Waals surface area contributed by atoms with Crippen LogP contribution in [0.4, 0.5) is 5.69 Å². The summed E-state index contributed by atoms with van der Waals surface area (Å²) in [7, 11) is 0. The van der Waals surface area contributed by atoms with E-state index in [1.165, 1.54) is 11.3 Å². The van der Waals surface area contributed by atoms with Crippen molar-refractivity contribution in [3.63, 3.8) is 0 Å². The number of halogens is 1. The lowest BCUT2D eigenvalue weighted by Crippen LogP contribution is -2.13. The zero-order chi connectivity index (χ0) is 13.1. The van der Waals surface area contributed by atoms with Gasteiger partial charge >= 0.3 is 0 Å². The predicted molar refractivity (Wildman–Crippen MR) is 82.3 cm³/mol. The Morgan fingerprint density at radius 3 is 2.78 bits per heavy atom. The Morgan fingerprint density at radius 2 is 2.17 bits per heavy atom. The average molecular weight is 341 g/mol. The fourth-order valence-corrected chi connectivity index (χ4v) is 2.97. The minimum absolute atomic E-state index is 0.156. The van der Waals surface area contributed by atoms with E-state index in [1.807, 2.05) is 11.4 Å². The van der Waals surface area contributed by atoms with Gasteiger partial charge < -0.3 is 11.1 Å². The number of rotatable bonds is 3. The van der Waals surface area contributed by atoms with Crippen molar-refractivity contribution in [3.8, 4) is 0 Å². The molecule has 0 aliphatic carbocycles. The molecule has 92 valence electrons. The SMILES string of the molecule is NC(=S)c1cccc(NC(=O)c2sccc2Br)c1. The first-order chi connectivity index (χ1) is 8.58. The first kappa shape index (κ1) is 13.2. The van der Waals surface area contributed by atoms with Crippen molar-refractivity contribution in [2.75, 3.05) is 5.32 Å². The van der Waals surface area contributed by atoms with Crippen molar-refractivity contribution in [3.05, 3.63) is 50.6 Å². The first-order valence-electron chi connectivity index (χ1n) is 5.02. The lowest BCUT2D eigenvalue weighted by molar-refractivity contribution is 0.103. The van der Waals surface area contributed by atoms with Crippen molar-refractivity contribution in [1.82, 2.24) is 0 Å². The molecule has 1 heterocycles. The summed E-state index contributed by atoms with van der Waals surface area (Å²) in [4.78, 5) is 12.9. The van der Waals surface area contributed by atoms with Gasteiger partial charge in [0.1, 0.15) is 9.87 Å². The van der Waals surface area contributed by atoms with E-state index in [2.05, 4.69) is 21.2 Å². The third-order valence-corrected chi connectivity index (χ3v) is 4.30. The van der Waals surface area contributed by atoms with E-state index in [0.717, 1.165) is 10.0 Å². The van der Waals surface area contributed by atoms with Crippen LogP contribution in [-0.2, 0) is 0 Å². The van der Waals surface area contributed by atoms with Crippen molar-refractivity contribution in [1.29, 1.82) is 0 Å². The number of amides is 1. The highest BCUT2D eigenvalue weighted by Crippen LogP contribution is 2.23. The monoisotopic (exact) mass is 340 g/mol. The van der Waals surface area contributed by atoms with Crippen LogP contribution in [0.5, 0.6) is 0 Å². The molecule has 2 rings (SSSR count).